The van der Waals surface area contributed by atoms with Crippen molar-refractivity contribution in [3.63, 3.8) is 0 Å². The molecule has 166 valence electrons. The Bertz CT molecular complexity index is 355. The van der Waals surface area contributed by atoms with Crippen molar-refractivity contribution >= 4 is 0 Å². The molecule has 0 rings (SSSR count). The van der Waals surface area contributed by atoms with Gasteiger partial charge in [0.2, 0.25) is 0 Å². The summed E-state index contributed by atoms with van der Waals surface area (Å²) in [5.74, 6) is 1.52. The van der Waals surface area contributed by atoms with Crippen LogP contribution >= 0.6 is 0 Å². The molecular formula is C26H52N2. The Hall–Kier alpha value is -1.28. The van der Waals surface area contributed by atoms with E-state index in [1.807, 2.05) is 33.0 Å². The van der Waals surface area contributed by atoms with Crippen LogP contribution in [0.4, 0.5) is 0 Å². The van der Waals surface area contributed by atoms with Gasteiger partial charge in [0.25, 0.3) is 0 Å². The van der Waals surface area contributed by atoms with E-state index in [1.54, 1.807) is 6.20 Å². The normalized spacial score (nSPS) is 13.0. The second-order valence-electron chi connectivity index (χ2n) is 6.82. The highest BCUT2D eigenvalue weighted by atomic mass is 14.8. The van der Waals surface area contributed by atoms with Gasteiger partial charge in [-0.05, 0) is 82.8 Å². The molecule has 0 aromatic rings. The first-order valence-corrected chi connectivity index (χ1v) is 11.7. The summed E-state index contributed by atoms with van der Waals surface area (Å²) in [5, 5.41) is 6.35. The van der Waals surface area contributed by atoms with Crippen LogP contribution in [-0.2, 0) is 0 Å². The number of allylic oxidation sites excluding steroid dienone is 5. The molecule has 2 heteroatoms. The Morgan fingerprint density at radius 2 is 1.64 bits per heavy atom. The van der Waals surface area contributed by atoms with Crippen LogP contribution in [0.15, 0.2) is 49.4 Å². The summed E-state index contributed by atoms with van der Waals surface area (Å²) in [6, 6.07) is 0. The zero-order chi connectivity index (χ0) is 21.9. The predicted molar refractivity (Wildman–Crippen MR) is 133 cm³/mol. The Morgan fingerprint density at radius 3 is 2.14 bits per heavy atom. The molecule has 0 bridgehead atoms. The molecule has 1 unspecified atom stereocenters. The molecule has 0 amide bonds. The molecule has 0 aliphatic carbocycles. The lowest BCUT2D eigenvalue weighted by Crippen LogP contribution is -2.22. The molecule has 0 aliphatic heterocycles. The summed E-state index contributed by atoms with van der Waals surface area (Å²) in [5.41, 5.74) is 0. The topological polar surface area (TPSA) is 24.1 Å². The molecule has 2 atom stereocenters. The standard InChI is InChI=1S/C19H37N.C5H9N.C2H6/c1-5-8-11-13-19(12-9-6-2)15-14-18(4)17-20-16-10-7-3;1-3-5-6-4-2;1-2/h8-9,11-12,18-20H,5-7,10,13-17H2,1-4H3;3-6H,2H2,1H3;1-2H3/b11-8+,12-9-;5-3-;/t18?,19-;;/m0../s1. The first kappa shape index (κ1) is 31.4. The van der Waals surface area contributed by atoms with Gasteiger partial charge in [-0.25, -0.2) is 0 Å². The molecule has 0 heterocycles. The Morgan fingerprint density at radius 1 is 0.964 bits per heavy atom. The number of rotatable bonds is 15. The summed E-state index contributed by atoms with van der Waals surface area (Å²) in [6.07, 6.45) is 23.5. The zero-order valence-electron chi connectivity index (χ0n) is 20.3. The van der Waals surface area contributed by atoms with Gasteiger partial charge >= 0.3 is 0 Å². The van der Waals surface area contributed by atoms with E-state index in [-0.39, 0.29) is 0 Å². The first-order valence-electron chi connectivity index (χ1n) is 11.7. The van der Waals surface area contributed by atoms with Crippen molar-refractivity contribution in [2.45, 2.75) is 93.4 Å². The molecule has 0 radical (unpaired) electrons. The van der Waals surface area contributed by atoms with E-state index in [1.165, 1.54) is 45.2 Å². The lowest BCUT2D eigenvalue weighted by Gasteiger charge is -2.16. The number of nitrogens with one attached hydrogen (secondary N) is 2. The number of unbranched alkanes of at least 4 members (excludes halogenated alkanes) is 1. The van der Waals surface area contributed by atoms with Crippen LogP contribution in [0.25, 0.3) is 0 Å². The third-order valence-corrected chi connectivity index (χ3v) is 4.10. The van der Waals surface area contributed by atoms with Crippen LogP contribution in [0.2, 0.25) is 0 Å². The second kappa shape index (κ2) is 30.4. The van der Waals surface area contributed by atoms with Crippen molar-refractivity contribution in [1.29, 1.82) is 0 Å². The molecule has 2 N–H and O–H groups in total. The quantitative estimate of drug-likeness (QED) is 0.218. The van der Waals surface area contributed by atoms with Gasteiger partial charge in [-0.2, -0.15) is 0 Å². The summed E-state index contributed by atoms with van der Waals surface area (Å²) in [6.45, 7) is 20.8. The van der Waals surface area contributed by atoms with Crippen molar-refractivity contribution in [2.24, 2.45) is 11.8 Å². The average Bonchev–Trinajstić information content (AvgIpc) is 2.73. The van der Waals surface area contributed by atoms with E-state index in [0.29, 0.717) is 0 Å². The van der Waals surface area contributed by atoms with E-state index < -0.39 is 0 Å². The van der Waals surface area contributed by atoms with Gasteiger partial charge in [0.15, 0.2) is 0 Å². The van der Waals surface area contributed by atoms with Gasteiger partial charge in [0, 0.05) is 0 Å². The summed E-state index contributed by atoms with van der Waals surface area (Å²) >= 11 is 0. The van der Waals surface area contributed by atoms with E-state index in [2.05, 4.69) is 69.2 Å². The van der Waals surface area contributed by atoms with Crippen molar-refractivity contribution in [3.05, 3.63) is 49.4 Å². The molecule has 0 saturated heterocycles. The maximum atomic E-state index is 3.57. The van der Waals surface area contributed by atoms with Crippen LogP contribution in [-0.4, -0.2) is 13.1 Å². The Labute approximate surface area is 178 Å². The molecule has 0 spiro atoms. The lowest BCUT2D eigenvalue weighted by atomic mass is 9.93. The van der Waals surface area contributed by atoms with E-state index in [9.17, 15) is 0 Å². The smallest absolute Gasteiger partial charge is 0.00232 e. The van der Waals surface area contributed by atoms with Crippen molar-refractivity contribution < 1.29 is 0 Å². The van der Waals surface area contributed by atoms with E-state index >= 15 is 0 Å². The predicted octanol–water partition coefficient (Wildman–Crippen LogP) is 8.01. The molecule has 0 aromatic heterocycles. The molecule has 0 aliphatic rings. The second-order valence-corrected chi connectivity index (χ2v) is 6.82. The van der Waals surface area contributed by atoms with Gasteiger partial charge < -0.3 is 10.6 Å². The van der Waals surface area contributed by atoms with Gasteiger partial charge in [0.05, 0.1) is 0 Å². The van der Waals surface area contributed by atoms with E-state index in [4.69, 9.17) is 0 Å². The Kier molecular flexibility index (Phi) is 34.2. The van der Waals surface area contributed by atoms with Crippen molar-refractivity contribution in [2.75, 3.05) is 13.1 Å². The molecule has 2 nitrogen and oxygen atoms in total. The van der Waals surface area contributed by atoms with Crippen LogP contribution in [0, 0.1) is 11.8 Å². The maximum Gasteiger partial charge on any atom is -0.00232 e. The zero-order valence-corrected chi connectivity index (χ0v) is 20.3. The maximum absolute atomic E-state index is 3.57. The fraction of sp³-hybridized carbons (Fsp3) is 0.692. The lowest BCUT2D eigenvalue weighted by molar-refractivity contribution is 0.429. The van der Waals surface area contributed by atoms with Crippen LogP contribution in [0.1, 0.15) is 93.4 Å². The molecular weight excluding hydrogens is 340 g/mol. The summed E-state index contributed by atoms with van der Waals surface area (Å²) in [4.78, 5) is 0. The highest BCUT2D eigenvalue weighted by molar-refractivity contribution is 4.93. The largest absolute Gasteiger partial charge is 0.369 e. The minimum Gasteiger partial charge on any atom is -0.369 e. The first-order chi connectivity index (χ1) is 13.7. The minimum absolute atomic E-state index is 0.732. The average molecular weight is 393 g/mol. The highest BCUT2D eigenvalue weighted by Crippen LogP contribution is 2.18. The third kappa shape index (κ3) is 29.5. The van der Waals surface area contributed by atoms with Crippen LogP contribution in [0.3, 0.4) is 0 Å². The number of hydrogen-bond acceptors (Lipinski definition) is 2. The fourth-order valence-corrected chi connectivity index (χ4v) is 2.47. The van der Waals surface area contributed by atoms with Crippen LogP contribution < -0.4 is 10.6 Å². The molecule has 0 aromatic carbocycles. The molecule has 0 saturated carbocycles. The molecule has 0 fully saturated rings. The van der Waals surface area contributed by atoms with Gasteiger partial charge in [-0.3, -0.25) is 0 Å². The number of hydrogen-bond donors (Lipinski definition) is 2. The summed E-state index contributed by atoms with van der Waals surface area (Å²) < 4.78 is 0. The van der Waals surface area contributed by atoms with Crippen LogP contribution in [0.5, 0.6) is 0 Å². The van der Waals surface area contributed by atoms with Crippen molar-refractivity contribution in [1.82, 2.24) is 10.6 Å². The SMILES string of the molecule is C=CN/C=C\C.CC.CC/C=C\[C@@H](C/C=C/CC)CCC(C)CNCCCC. The monoisotopic (exact) mass is 392 g/mol. The highest BCUT2D eigenvalue weighted by Gasteiger charge is 2.07. The van der Waals surface area contributed by atoms with Crippen molar-refractivity contribution in [3.8, 4) is 0 Å². The van der Waals surface area contributed by atoms with E-state index in [0.717, 1.165) is 24.7 Å². The fourth-order valence-electron chi connectivity index (χ4n) is 2.47. The summed E-state index contributed by atoms with van der Waals surface area (Å²) in [7, 11) is 0. The Balaban J connectivity index is -0.000000660. The third-order valence-electron chi connectivity index (χ3n) is 4.10. The van der Waals surface area contributed by atoms with Gasteiger partial charge in [0.1, 0.15) is 0 Å². The minimum atomic E-state index is 0.732. The molecule has 28 heavy (non-hydrogen) atoms. The van der Waals surface area contributed by atoms with Gasteiger partial charge in [-0.1, -0.05) is 84.9 Å². The van der Waals surface area contributed by atoms with Gasteiger partial charge in [-0.15, -0.1) is 0 Å².